The highest BCUT2D eigenvalue weighted by Gasteiger charge is 2.15. The largest absolute Gasteiger partial charge is 0.492 e. The average molecular weight is 491 g/mol. The van der Waals surface area contributed by atoms with E-state index in [1.807, 2.05) is 68.0 Å². The standard InChI is InChI=1S/C21H22IN3O3/c1-5-28-18-12-15(11-17(22)20(18)27-4)13-23-19-14(2)24(3)25(21(19)26)16-9-7-6-8-10-16/h6-13H,5H2,1-4H3. The van der Waals surface area contributed by atoms with Crippen LogP contribution >= 0.6 is 22.6 Å². The predicted molar refractivity (Wildman–Crippen MR) is 120 cm³/mol. The van der Waals surface area contributed by atoms with Crippen LogP contribution < -0.4 is 15.0 Å². The summed E-state index contributed by atoms with van der Waals surface area (Å²) >= 11 is 2.20. The second kappa shape index (κ2) is 8.64. The van der Waals surface area contributed by atoms with Gasteiger partial charge in [-0.25, -0.2) is 9.67 Å². The van der Waals surface area contributed by atoms with Gasteiger partial charge in [0, 0.05) is 13.3 Å². The van der Waals surface area contributed by atoms with Crippen LogP contribution in [-0.2, 0) is 7.05 Å². The Morgan fingerprint density at radius 1 is 1.21 bits per heavy atom. The van der Waals surface area contributed by atoms with Gasteiger partial charge in [-0.3, -0.25) is 9.48 Å². The van der Waals surface area contributed by atoms with Gasteiger partial charge in [-0.1, -0.05) is 18.2 Å². The first-order chi connectivity index (χ1) is 13.5. The monoisotopic (exact) mass is 491 g/mol. The minimum absolute atomic E-state index is 0.157. The van der Waals surface area contributed by atoms with E-state index in [4.69, 9.17) is 9.47 Å². The van der Waals surface area contributed by atoms with Crippen molar-refractivity contribution in [2.75, 3.05) is 13.7 Å². The molecule has 1 aromatic heterocycles. The van der Waals surface area contributed by atoms with E-state index < -0.39 is 0 Å². The van der Waals surface area contributed by atoms with Gasteiger partial charge in [0.25, 0.3) is 5.56 Å². The van der Waals surface area contributed by atoms with Gasteiger partial charge in [-0.15, -0.1) is 0 Å². The van der Waals surface area contributed by atoms with Gasteiger partial charge >= 0.3 is 0 Å². The molecule has 0 saturated carbocycles. The van der Waals surface area contributed by atoms with Gasteiger partial charge in [0.15, 0.2) is 17.2 Å². The van der Waals surface area contributed by atoms with Crippen LogP contribution in [0, 0.1) is 10.5 Å². The number of hydrogen-bond acceptors (Lipinski definition) is 4. The normalized spacial score (nSPS) is 11.2. The second-order valence-electron chi connectivity index (χ2n) is 6.14. The molecule has 0 aliphatic carbocycles. The van der Waals surface area contributed by atoms with Crippen molar-refractivity contribution in [3.63, 3.8) is 0 Å². The molecule has 3 aromatic rings. The molecule has 1 heterocycles. The molecule has 146 valence electrons. The molecule has 0 bridgehead atoms. The van der Waals surface area contributed by atoms with E-state index in [0.29, 0.717) is 23.8 Å². The summed E-state index contributed by atoms with van der Waals surface area (Å²) in [6.07, 6.45) is 1.68. The highest BCUT2D eigenvalue weighted by atomic mass is 127. The fourth-order valence-corrected chi connectivity index (χ4v) is 3.81. The first kappa shape index (κ1) is 20.2. The van der Waals surface area contributed by atoms with Crippen molar-refractivity contribution in [1.82, 2.24) is 9.36 Å². The minimum Gasteiger partial charge on any atom is -0.492 e. The number of benzene rings is 2. The molecule has 28 heavy (non-hydrogen) atoms. The van der Waals surface area contributed by atoms with Crippen molar-refractivity contribution >= 4 is 34.5 Å². The minimum atomic E-state index is -0.157. The van der Waals surface area contributed by atoms with E-state index in [2.05, 4.69) is 27.6 Å². The van der Waals surface area contributed by atoms with Gasteiger partial charge in [-0.2, -0.15) is 0 Å². The SMILES string of the molecule is CCOc1cc(C=Nc2c(C)n(C)n(-c3ccccc3)c2=O)cc(I)c1OC. The van der Waals surface area contributed by atoms with Crippen LogP contribution in [-0.4, -0.2) is 29.3 Å². The Labute approximate surface area is 177 Å². The van der Waals surface area contributed by atoms with Crippen molar-refractivity contribution in [1.29, 1.82) is 0 Å². The van der Waals surface area contributed by atoms with Crippen LogP contribution in [0.5, 0.6) is 11.5 Å². The Kier molecular flexibility index (Phi) is 6.23. The molecule has 0 N–H and O–H groups in total. The first-order valence-electron chi connectivity index (χ1n) is 8.86. The maximum Gasteiger partial charge on any atom is 0.297 e. The van der Waals surface area contributed by atoms with Crippen molar-refractivity contribution < 1.29 is 9.47 Å². The van der Waals surface area contributed by atoms with E-state index in [1.54, 1.807) is 18.0 Å². The van der Waals surface area contributed by atoms with E-state index in [1.165, 1.54) is 0 Å². The Morgan fingerprint density at radius 2 is 1.93 bits per heavy atom. The molecule has 0 unspecified atom stereocenters. The summed E-state index contributed by atoms with van der Waals surface area (Å²) in [7, 11) is 3.47. The molecule has 0 aliphatic rings. The summed E-state index contributed by atoms with van der Waals surface area (Å²) < 4.78 is 15.4. The highest BCUT2D eigenvalue weighted by Crippen LogP contribution is 2.33. The molecule has 3 rings (SSSR count). The van der Waals surface area contributed by atoms with Crippen LogP contribution in [0.4, 0.5) is 5.69 Å². The Morgan fingerprint density at radius 3 is 2.57 bits per heavy atom. The van der Waals surface area contributed by atoms with Crippen LogP contribution in [0.15, 0.2) is 52.3 Å². The molecular weight excluding hydrogens is 469 g/mol. The fourth-order valence-electron chi connectivity index (χ4n) is 2.97. The number of rotatable bonds is 6. The fraction of sp³-hybridized carbons (Fsp3) is 0.238. The van der Waals surface area contributed by atoms with Gasteiger partial charge in [0.05, 0.1) is 28.7 Å². The number of methoxy groups -OCH3 is 1. The number of para-hydroxylation sites is 1. The molecule has 0 atom stereocenters. The molecule has 0 fully saturated rings. The molecule has 0 spiro atoms. The molecule has 0 saturated heterocycles. The van der Waals surface area contributed by atoms with Crippen molar-refractivity contribution in [2.24, 2.45) is 12.0 Å². The lowest BCUT2D eigenvalue weighted by Crippen LogP contribution is -2.19. The summed E-state index contributed by atoms with van der Waals surface area (Å²) in [5.41, 5.74) is 2.68. The maximum atomic E-state index is 13.0. The maximum absolute atomic E-state index is 13.0. The van der Waals surface area contributed by atoms with Gasteiger partial charge < -0.3 is 9.47 Å². The number of halogens is 1. The molecule has 0 aliphatic heterocycles. The van der Waals surface area contributed by atoms with E-state index >= 15 is 0 Å². The van der Waals surface area contributed by atoms with Crippen molar-refractivity contribution in [3.8, 4) is 17.2 Å². The molecule has 6 nitrogen and oxygen atoms in total. The van der Waals surface area contributed by atoms with Crippen molar-refractivity contribution in [3.05, 3.63) is 67.6 Å². The highest BCUT2D eigenvalue weighted by molar-refractivity contribution is 14.1. The molecule has 0 amide bonds. The van der Waals surface area contributed by atoms with Crippen LogP contribution in [0.3, 0.4) is 0 Å². The number of hydrogen-bond donors (Lipinski definition) is 0. The number of aliphatic imine (C=N–C) groups is 1. The smallest absolute Gasteiger partial charge is 0.297 e. The zero-order chi connectivity index (χ0) is 20.3. The predicted octanol–water partition coefficient (Wildman–Crippen LogP) is 4.25. The molecule has 7 heteroatoms. The lowest BCUT2D eigenvalue weighted by molar-refractivity contribution is 0.309. The summed E-state index contributed by atoms with van der Waals surface area (Å²) in [6.45, 7) is 4.34. The van der Waals surface area contributed by atoms with E-state index in [0.717, 1.165) is 20.5 Å². The Balaban J connectivity index is 2.03. The molecular formula is C21H22IN3O3. The molecule has 0 radical (unpaired) electrons. The van der Waals surface area contributed by atoms with Crippen LogP contribution in [0.1, 0.15) is 18.2 Å². The topological polar surface area (TPSA) is 57.8 Å². The Bertz CT molecular complexity index is 1070. The van der Waals surface area contributed by atoms with Gasteiger partial charge in [0.2, 0.25) is 0 Å². The number of nitrogens with zero attached hydrogens (tertiary/aromatic N) is 3. The third-order valence-corrected chi connectivity index (χ3v) is 5.20. The summed E-state index contributed by atoms with van der Waals surface area (Å²) in [5, 5.41) is 0. The summed E-state index contributed by atoms with van der Waals surface area (Å²) in [6, 6.07) is 13.3. The quantitative estimate of drug-likeness (QED) is 0.383. The lowest BCUT2D eigenvalue weighted by Gasteiger charge is -2.11. The zero-order valence-electron chi connectivity index (χ0n) is 16.3. The second-order valence-corrected chi connectivity index (χ2v) is 7.30. The average Bonchev–Trinajstić information content (AvgIpc) is 2.89. The first-order valence-corrected chi connectivity index (χ1v) is 9.94. The summed E-state index contributed by atoms with van der Waals surface area (Å²) in [5.74, 6) is 1.35. The molecule has 2 aromatic carbocycles. The van der Waals surface area contributed by atoms with Crippen molar-refractivity contribution in [2.45, 2.75) is 13.8 Å². The van der Waals surface area contributed by atoms with E-state index in [9.17, 15) is 4.79 Å². The van der Waals surface area contributed by atoms with Crippen LogP contribution in [0.25, 0.3) is 5.69 Å². The van der Waals surface area contributed by atoms with E-state index in [-0.39, 0.29) is 5.56 Å². The third kappa shape index (κ3) is 3.84. The zero-order valence-corrected chi connectivity index (χ0v) is 18.4. The number of aromatic nitrogens is 2. The van der Waals surface area contributed by atoms with Gasteiger partial charge in [-0.05, 0) is 66.3 Å². The van der Waals surface area contributed by atoms with Crippen LogP contribution in [0.2, 0.25) is 0 Å². The Hall–Kier alpha value is -2.55. The lowest BCUT2D eigenvalue weighted by atomic mass is 10.2. The van der Waals surface area contributed by atoms with Gasteiger partial charge in [0.1, 0.15) is 0 Å². The summed E-state index contributed by atoms with van der Waals surface area (Å²) in [4.78, 5) is 17.5. The number of ether oxygens (including phenoxy) is 2. The third-order valence-electron chi connectivity index (χ3n) is 4.40.